The van der Waals surface area contributed by atoms with E-state index in [1.165, 1.54) is 18.2 Å². The molecule has 0 radical (unpaired) electrons. The zero-order valence-electron chi connectivity index (χ0n) is 9.53. The number of hydrogen-bond acceptors (Lipinski definition) is 4. The summed E-state index contributed by atoms with van der Waals surface area (Å²) in [4.78, 5) is 11.4. The van der Waals surface area contributed by atoms with E-state index in [0.29, 0.717) is 5.69 Å². The van der Waals surface area contributed by atoms with Crippen molar-refractivity contribution < 1.29 is 23.4 Å². The largest absolute Gasteiger partial charge is 0.508 e. The Morgan fingerprint density at radius 3 is 2.83 bits per heavy atom. The van der Waals surface area contributed by atoms with Gasteiger partial charge < -0.3 is 20.9 Å². The standard InChI is InChI=1S/C11H14F2N2O3/c12-10(13)6-18-4-3-11(17)15-9-2-1-7(16)5-8(9)14/h1-2,5,10,16H,3-4,6,14H2,(H,15,17). The van der Waals surface area contributed by atoms with Crippen molar-refractivity contribution in [1.82, 2.24) is 0 Å². The van der Waals surface area contributed by atoms with Gasteiger partial charge in [0, 0.05) is 6.07 Å². The molecule has 0 heterocycles. The molecule has 0 saturated heterocycles. The molecule has 0 spiro atoms. The average molecular weight is 260 g/mol. The zero-order chi connectivity index (χ0) is 13.5. The van der Waals surface area contributed by atoms with Crippen LogP contribution in [0.2, 0.25) is 0 Å². The number of carbonyl (C=O) groups excluding carboxylic acids is 1. The first kappa shape index (κ1) is 14.2. The molecule has 5 nitrogen and oxygen atoms in total. The Kier molecular flexibility index (Phi) is 5.31. The summed E-state index contributed by atoms with van der Waals surface area (Å²) in [5.74, 6) is -0.410. The highest BCUT2D eigenvalue weighted by atomic mass is 19.3. The van der Waals surface area contributed by atoms with E-state index in [1.807, 2.05) is 0 Å². The Balaban J connectivity index is 2.35. The van der Waals surface area contributed by atoms with Gasteiger partial charge in [-0.25, -0.2) is 8.78 Å². The highest BCUT2D eigenvalue weighted by Gasteiger charge is 2.07. The average Bonchev–Trinajstić information content (AvgIpc) is 2.28. The first-order valence-electron chi connectivity index (χ1n) is 5.23. The molecule has 7 heteroatoms. The van der Waals surface area contributed by atoms with Crippen molar-refractivity contribution >= 4 is 17.3 Å². The van der Waals surface area contributed by atoms with E-state index >= 15 is 0 Å². The van der Waals surface area contributed by atoms with E-state index < -0.39 is 18.9 Å². The molecule has 100 valence electrons. The summed E-state index contributed by atoms with van der Waals surface area (Å²) in [6, 6.07) is 4.12. The quantitative estimate of drug-likeness (QED) is 0.412. The number of phenolic OH excluding ortho intramolecular Hbond substituents is 1. The summed E-state index contributed by atoms with van der Waals surface area (Å²) in [5, 5.41) is 11.6. The molecule has 0 aliphatic rings. The third-order valence-electron chi connectivity index (χ3n) is 2.03. The topological polar surface area (TPSA) is 84.6 Å². The molecule has 0 aliphatic heterocycles. The van der Waals surface area contributed by atoms with Crippen LogP contribution in [0.1, 0.15) is 6.42 Å². The second-order valence-corrected chi connectivity index (χ2v) is 3.54. The number of halogens is 2. The Hall–Kier alpha value is -1.89. The van der Waals surface area contributed by atoms with E-state index in [2.05, 4.69) is 10.1 Å². The van der Waals surface area contributed by atoms with Crippen LogP contribution in [0.15, 0.2) is 18.2 Å². The summed E-state index contributed by atoms with van der Waals surface area (Å²) < 4.78 is 28.0. The number of nitrogen functional groups attached to an aromatic ring is 1. The van der Waals surface area contributed by atoms with Crippen LogP contribution in [-0.2, 0) is 9.53 Å². The van der Waals surface area contributed by atoms with Crippen LogP contribution in [0.3, 0.4) is 0 Å². The number of anilines is 2. The van der Waals surface area contributed by atoms with Gasteiger partial charge in [0.2, 0.25) is 5.91 Å². The summed E-state index contributed by atoms with van der Waals surface area (Å²) in [6.07, 6.45) is -2.59. The number of phenols is 1. The maximum absolute atomic E-state index is 11.7. The first-order chi connectivity index (χ1) is 8.49. The number of aromatic hydroxyl groups is 1. The fraction of sp³-hybridized carbons (Fsp3) is 0.364. The minimum Gasteiger partial charge on any atom is -0.508 e. The van der Waals surface area contributed by atoms with Crippen molar-refractivity contribution in [2.45, 2.75) is 12.8 Å². The Morgan fingerprint density at radius 1 is 1.50 bits per heavy atom. The second-order valence-electron chi connectivity index (χ2n) is 3.54. The molecular weight excluding hydrogens is 246 g/mol. The number of alkyl halides is 2. The Morgan fingerprint density at radius 2 is 2.22 bits per heavy atom. The van der Waals surface area contributed by atoms with Crippen molar-refractivity contribution in [2.75, 3.05) is 24.3 Å². The molecule has 0 atom stereocenters. The predicted octanol–water partition coefficient (Wildman–Crippen LogP) is 1.58. The van der Waals surface area contributed by atoms with Gasteiger partial charge in [0.25, 0.3) is 6.43 Å². The number of amides is 1. The molecule has 0 aliphatic carbocycles. The van der Waals surface area contributed by atoms with Crippen LogP contribution in [0.5, 0.6) is 5.75 Å². The maximum Gasteiger partial charge on any atom is 0.261 e. The molecule has 4 N–H and O–H groups in total. The molecule has 1 rings (SSSR count). The molecule has 18 heavy (non-hydrogen) atoms. The molecular formula is C11H14F2N2O3. The van der Waals surface area contributed by atoms with Crippen molar-refractivity contribution in [2.24, 2.45) is 0 Å². The van der Waals surface area contributed by atoms with Gasteiger partial charge in [-0.1, -0.05) is 0 Å². The van der Waals surface area contributed by atoms with Gasteiger partial charge in [0.15, 0.2) is 0 Å². The molecule has 0 fully saturated rings. The monoisotopic (exact) mass is 260 g/mol. The minimum absolute atomic E-state index is 0.00855. The molecule has 0 aromatic heterocycles. The Labute approximate surface area is 103 Å². The van der Waals surface area contributed by atoms with Gasteiger partial charge in [-0.2, -0.15) is 0 Å². The maximum atomic E-state index is 11.7. The van der Waals surface area contributed by atoms with E-state index in [0.717, 1.165) is 0 Å². The summed E-state index contributed by atoms with van der Waals surface area (Å²) in [6.45, 7) is -0.775. The third-order valence-corrected chi connectivity index (χ3v) is 2.03. The van der Waals surface area contributed by atoms with Gasteiger partial charge in [-0.05, 0) is 12.1 Å². The molecule has 0 unspecified atom stereocenters. The van der Waals surface area contributed by atoms with Crippen molar-refractivity contribution in [3.63, 3.8) is 0 Å². The SMILES string of the molecule is Nc1cc(O)ccc1NC(=O)CCOCC(F)F. The van der Waals surface area contributed by atoms with Gasteiger partial charge in [0.1, 0.15) is 12.4 Å². The molecule has 0 saturated carbocycles. The van der Waals surface area contributed by atoms with Gasteiger partial charge in [-0.15, -0.1) is 0 Å². The van der Waals surface area contributed by atoms with Crippen LogP contribution in [0.25, 0.3) is 0 Å². The third kappa shape index (κ3) is 4.96. The van der Waals surface area contributed by atoms with Gasteiger partial charge in [-0.3, -0.25) is 4.79 Å². The lowest BCUT2D eigenvalue weighted by Gasteiger charge is -2.08. The zero-order valence-corrected chi connectivity index (χ0v) is 9.53. The second kappa shape index (κ2) is 6.75. The lowest BCUT2D eigenvalue weighted by atomic mass is 10.2. The summed E-state index contributed by atoms with van der Waals surface area (Å²) in [5.41, 5.74) is 6.13. The number of benzene rings is 1. The van der Waals surface area contributed by atoms with Crippen LogP contribution >= 0.6 is 0 Å². The number of carbonyl (C=O) groups is 1. The molecule has 1 aromatic rings. The van der Waals surface area contributed by atoms with E-state index in [1.54, 1.807) is 0 Å². The lowest BCUT2D eigenvalue weighted by Crippen LogP contribution is -2.16. The van der Waals surface area contributed by atoms with Crippen LogP contribution in [-0.4, -0.2) is 30.7 Å². The predicted molar refractivity (Wildman–Crippen MR) is 62.6 cm³/mol. The van der Waals surface area contributed by atoms with E-state index in [9.17, 15) is 13.6 Å². The van der Waals surface area contributed by atoms with Crippen molar-refractivity contribution in [1.29, 1.82) is 0 Å². The number of hydrogen-bond donors (Lipinski definition) is 3. The highest BCUT2D eigenvalue weighted by molar-refractivity contribution is 5.94. The number of nitrogens with two attached hydrogens (primary N) is 1. The van der Waals surface area contributed by atoms with E-state index in [-0.39, 0.29) is 24.5 Å². The number of rotatable bonds is 6. The highest BCUT2D eigenvalue weighted by Crippen LogP contribution is 2.23. The molecule has 1 aromatic carbocycles. The fourth-order valence-electron chi connectivity index (χ4n) is 1.21. The minimum atomic E-state index is -2.54. The van der Waals surface area contributed by atoms with Gasteiger partial charge in [0.05, 0.1) is 24.4 Å². The Bertz CT molecular complexity index is 413. The smallest absolute Gasteiger partial charge is 0.261 e. The van der Waals surface area contributed by atoms with Crippen molar-refractivity contribution in [3.8, 4) is 5.75 Å². The van der Waals surface area contributed by atoms with E-state index in [4.69, 9.17) is 10.8 Å². The van der Waals surface area contributed by atoms with Gasteiger partial charge >= 0.3 is 0 Å². The summed E-state index contributed by atoms with van der Waals surface area (Å²) >= 11 is 0. The molecule has 0 bridgehead atoms. The number of nitrogens with one attached hydrogen (secondary N) is 1. The van der Waals surface area contributed by atoms with Crippen LogP contribution < -0.4 is 11.1 Å². The molecule has 1 amide bonds. The van der Waals surface area contributed by atoms with Crippen molar-refractivity contribution in [3.05, 3.63) is 18.2 Å². The lowest BCUT2D eigenvalue weighted by molar-refractivity contribution is -0.117. The number of ether oxygens (including phenoxy) is 1. The normalized spacial score (nSPS) is 10.6. The first-order valence-corrected chi connectivity index (χ1v) is 5.23. The van der Waals surface area contributed by atoms with Crippen LogP contribution in [0.4, 0.5) is 20.2 Å². The van der Waals surface area contributed by atoms with Crippen LogP contribution in [0, 0.1) is 0 Å². The summed E-state index contributed by atoms with van der Waals surface area (Å²) in [7, 11) is 0. The fourth-order valence-corrected chi connectivity index (χ4v) is 1.21.